The third kappa shape index (κ3) is 8.64. The number of amidine groups is 1. The van der Waals surface area contributed by atoms with Crippen molar-refractivity contribution in [1.29, 1.82) is 10.8 Å². The molecule has 3 aromatic rings. The van der Waals surface area contributed by atoms with E-state index in [1.54, 1.807) is 42.4 Å². The smallest absolute Gasteiger partial charge is 0.236 e. The lowest BCUT2D eigenvalue weighted by molar-refractivity contribution is -0.132. The Bertz CT molecular complexity index is 1700. The standard InChI is InChI=1S/C37H48N10O3/c1-5-47(30-11-12-32(38)31(20-30)35(39)27-8-13-33(42-21-27)50-25(2)3)37(49)28-14-15-44(22-28)23-34(48)46-18-16-45(17-19-46)29-9-6-26(7-10-29)36(40)43-24-41-4/h6-13,20-21,24-25,28,39H,5,14-19,22-23,38H2,1-4H3,(H2,40,41,43)/t28-/m1/s1. The van der Waals surface area contributed by atoms with Crippen LogP contribution in [-0.4, -0.2) is 110 Å². The number of nitrogens with one attached hydrogen (secondary N) is 3. The molecule has 2 aromatic carbocycles. The van der Waals surface area contributed by atoms with Gasteiger partial charge in [0.05, 0.1) is 30.6 Å². The number of aliphatic imine (C=N–C) groups is 1. The lowest BCUT2D eigenvalue weighted by atomic mass is 10.0. The molecule has 0 radical (unpaired) electrons. The highest BCUT2D eigenvalue weighted by molar-refractivity contribution is 6.14. The molecule has 264 valence electrons. The number of amides is 2. The van der Waals surface area contributed by atoms with E-state index in [9.17, 15) is 9.59 Å². The van der Waals surface area contributed by atoms with Gasteiger partial charge >= 0.3 is 0 Å². The normalized spacial score (nSPS) is 16.5. The number of anilines is 3. The van der Waals surface area contributed by atoms with Crippen LogP contribution in [0.3, 0.4) is 0 Å². The van der Waals surface area contributed by atoms with E-state index in [0.29, 0.717) is 67.5 Å². The minimum atomic E-state index is -0.230. The number of hydrogen-bond donors (Lipinski definition) is 4. The van der Waals surface area contributed by atoms with Crippen LogP contribution in [0.25, 0.3) is 0 Å². The summed E-state index contributed by atoms with van der Waals surface area (Å²) in [6.07, 6.45) is 3.76. The maximum Gasteiger partial charge on any atom is 0.236 e. The van der Waals surface area contributed by atoms with Gasteiger partial charge in [-0.3, -0.25) is 25.3 Å². The Morgan fingerprint density at radius 3 is 2.42 bits per heavy atom. The van der Waals surface area contributed by atoms with Gasteiger partial charge in [0.1, 0.15) is 0 Å². The average Bonchev–Trinajstić information content (AvgIpc) is 3.60. The first-order valence-electron chi connectivity index (χ1n) is 17.1. The van der Waals surface area contributed by atoms with Crippen molar-refractivity contribution in [3.8, 4) is 5.88 Å². The van der Waals surface area contributed by atoms with Crippen LogP contribution in [-0.2, 0) is 9.59 Å². The van der Waals surface area contributed by atoms with Gasteiger partial charge < -0.3 is 30.5 Å². The predicted molar refractivity (Wildman–Crippen MR) is 199 cm³/mol. The summed E-state index contributed by atoms with van der Waals surface area (Å²) in [5, 5.41) is 19.7. The summed E-state index contributed by atoms with van der Waals surface area (Å²) in [4.78, 5) is 43.5. The van der Waals surface area contributed by atoms with Crippen LogP contribution in [0.2, 0.25) is 0 Å². The molecule has 0 saturated carbocycles. The van der Waals surface area contributed by atoms with Crippen LogP contribution in [0, 0.1) is 16.7 Å². The molecule has 50 heavy (non-hydrogen) atoms. The van der Waals surface area contributed by atoms with Crippen molar-refractivity contribution in [2.75, 3.05) is 74.9 Å². The molecule has 5 rings (SSSR count). The molecule has 1 aromatic heterocycles. The van der Waals surface area contributed by atoms with Crippen molar-refractivity contribution in [1.82, 2.24) is 20.1 Å². The largest absolute Gasteiger partial charge is 0.475 e. The van der Waals surface area contributed by atoms with E-state index in [4.69, 9.17) is 21.3 Å². The van der Waals surface area contributed by atoms with Gasteiger partial charge in [0.2, 0.25) is 17.7 Å². The van der Waals surface area contributed by atoms with Gasteiger partial charge in [0.15, 0.2) is 5.84 Å². The SMILES string of the molecule is CCN(C(=O)[C@@H]1CCN(CC(=O)N2CCN(c3ccc(C(=N)/N=C\NC)cc3)CC2)C1)c1ccc(N)c(C(=N)c2ccc(OC(C)C)nc2)c1. The number of nitrogen functional groups attached to an aromatic ring is 1. The van der Waals surface area contributed by atoms with E-state index in [-0.39, 0.29) is 41.9 Å². The molecule has 0 unspecified atom stereocenters. The van der Waals surface area contributed by atoms with Gasteiger partial charge in [-0.2, -0.15) is 0 Å². The van der Waals surface area contributed by atoms with Crippen LogP contribution in [0.4, 0.5) is 17.1 Å². The molecule has 2 fully saturated rings. The van der Waals surface area contributed by atoms with Gasteiger partial charge in [-0.15, -0.1) is 0 Å². The number of likely N-dealkylation sites (tertiary alicyclic amines) is 1. The number of carbonyl (C=O) groups excluding carboxylic acids is 2. The number of carbonyl (C=O) groups is 2. The van der Waals surface area contributed by atoms with Crippen LogP contribution in [0.1, 0.15) is 43.9 Å². The number of benzene rings is 2. The summed E-state index contributed by atoms with van der Waals surface area (Å²) in [5.41, 5.74) is 10.6. The second kappa shape index (κ2) is 16.4. The van der Waals surface area contributed by atoms with E-state index in [2.05, 4.69) is 25.1 Å². The Labute approximate surface area is 294 Å². The first kappa shape index (κ1) is 36.0. The monoisotopic (exact) mass is 680 g/mol. The first-order valence-corrected chi connectivity index (χ1v) is 17.1. The number of pyridine rings is 1. The Morgan fingerprint density at radius 2 is 1.78 bits per heavy atom. The van der Waals surface area contributed by atoms with Crippen molar-refractivity contribution in [3.63, 3.8) is 0 Å². The van der Waals surface area contributed by atoms with Gasteiger partial charge in [0.25, 0.3) is 0 Å². The molecule has 0 aliphatic carbocycles. The molecule has 2 saturated heterocycles. The van der Waals surface area contributed by atoms with E-state index >= 15 is 0 Å². The third-order valence-corrected chi connectivity index (χ3v) is 9.02. The van der Waals surface area contributed by atoms with Gasteiger partial charge in [-0.25, -0.2) is 9.98 Å². The van der Waals surface area contributed by atoms with Crippen LogP contribution >= 0.6 is 0 Å². The van der Waals surface area contributed by atoms with E-state index in [1.165, 1.54) is 6.34 Å². The first-order chi connectivity index (χ1) is 24.1. The molecule has 2 aliphatic rings. The fourth-order valence-electron chi connectivity index (χ4n) is 6.33. The molecule has 5 N–H and O–H groups in total. The predicted octanol–water partition coefficient (Wildman–Crippen LogP) is 3.46. The summed E-state index contributed by atoms with van der Waals surface area (Å²) in [6, 6.07) is 16.6. The number of nitrogens with two attached hydrogens (primary N) is 1. The lowest BCUT2D eigenvalue weighted by Crippen LogP contribution is -2.51. The summed E-state index contributed by atoms with van der Waals surface area (Å²) in [7, 11) is 1.74. The Kier molecular flexibility index (Phi) is 11.8. The van der Waals surface area contributed by atoms with Crippen LogP contribution < -0.4 is 25.6 Å². The Balaban J connectivity index is 1.14. The minimum Gasteiger partial charge on any atom is -0.475 e. The average molecular weight is 681 g/mol. The molecule has 0 spiro atoms. The summed E-state index contributed by atoms with van der Waals surface area (Å²) in [6.45, 7) is 10.5. The second-order valence-electron chi connectivity index (χ2n) is 12.8. The molecule has 13 heteroatoms. The number of ether oxygens (including phenoxy) is 1. The van der Waals surface area contributed by atoms with Gasteiger partial charge in [0, 0.05) is 92.3 Å². The third-order valence-electron chi connectivity index (χ3n) is 9.02. The summed E-state index contributed by atoms with van der Waals surface area (Å²) >= 11 is 0. The van der Waals surface area contributed by atoms with Crippen molar-refractivity contribution < 1.29 is 14.3 Å². The molecule has 1 atom stereocenters. The van der Waals surface area contributed by atoms with Gasteiger partial charge in [-0.1, -0.05) is 0 Å². The van der Waals surface area contributed by atoms with Gasteiger partial charge in [-0.05, 0) is 82.3 Å². The fraction of sp³-hybridized carbons (Fsp3) is 0.405. The summed E-state index contributed by atoms with van der Waals surface area (Å²) < 4.78 is 5.63. The minimum absolute atomic E-state index is 0.00428. The molecule has 2 aliphatic heterocycles. The maximum absolute atomic E-state index is 13.8. The molecular weight excluding hydrogens is 632 g/mol. The summed E-state index contributed by atoms with van der Waals surface area (Å²) in [5.74, 6) is 0.538. The van der Waals surface area contributed by atoms with Crippen molar-refractivity contribution in [3.05, 3.63) is 77.5 Å². The quantitative estimate of drug-likeness (QED) is 0.128. The number of aromatic nitrogens is 1. The molecule has 3 heterocycles. The highest BCUT2D eigenvalue weighted by Gasteiger charge is 2.34. The molecule has 0 bridgehead atoms. The second-order valence-corrected chi connectivity index (χ2v) is 12.8. The zero-order valence-electron chi connectivity index (χ0n) is 29.4. The van der Waals surface area contributed by atoms with Crippen LogP contribution in [0.15, 0.2) is 65.8 Å². The van der Waals surface area contributed by atoms with E-state index in [0.717, 1.165) is 24.3 Å². The van der Waals surface area contributed by atoms with E-state index < -0.39 is 0 Å². The number of rotatable bonds is 12. The zero-order valence-corrected chi connectivity index (χ0v) is 29.4. The van der Waals surface area contributed by atoms with Crippen molar-refractivity contribution >= 4 is 46.8 Å². The molecule has 2 amide bonds. The molecule has 13 nitrogen and oxygen atoms in total. The zero-order chi connectivity index (χ0) is 35.8. The Morgan fingerprint density at radius 1 is 1.06 bits per heavy atom. The highest BCUT2D eigenvalue weighted by atomic mass is 16.5. The number of hydrogen-bond acceptors (Lipinski definition) is 9. The lowest BCUT2D eigenvalue weighted by Gasteiger charge is -2.36. The topological polar surface area (TPSA) is 167 Å². The fourth-order valence-corrected chi connectivity index (χ4v) is 6.33. The highest BCUT2D eigenvalue weighted by Crippen LogP contribution is 2.28. The number of nitrogens with zero attached hydrogens (tertiary/aromatic N) is 6. The Hall–Kier alpha value is -5.30. The van der Waals surface area contributed by atoms with Crippen LogP contribution in [0.5, 0.6) is 5.88 Å². The van der Waals surface area contributed by atoms with Crippen molar-refractivity contribution in [2.24, 2.45) is 10.9 Å². The molecular formula is C37H48N10O3. The number of piperazine rings is 1. The maximum atomic E-state index is 13.8. The van der Waals surface area contributed by atoms with E-state index in [1.807, 2.05) is 56.0 Å². The van der Waals surface area contributed by atoms with Crippen molar-refractivity contribution in [2.45, 2.75) is 33.3 Å².